The van der Waals surface area contributed by atoms with Gasteiger partial charge in [0, 0.05) is 12.6 Å². The van der Waals surface area contributed by atoms with Crippen molar-refractivity contribution in [1.82, 2.24) is 5.32 Å². The van der Waals surface area contributed by atoms with Gasteiger partial charge in [-0.05, 0) is 18.1 Å². The second-order valence-electron chi connectivity index (χ2n) is 3.55. The van der Waals surface area contributed by atoms with E-state index >= 15 is 0 Å². The van der Waals surface area contributed by atoms with Crippen molar-refractivity contribution in [3.63, 3.8) is 0 Å². The van der Waals surface area contributed by atoms with Gasteiger partial charge in [-0.25, -0.2) is 0 Å². The van der Waals surface area contributed by atoms with Crippen LogP contribution in [0.3, 0.4) is 0 Å². The third-order valence-electron chi connectivity index (χ3n) is 2.21. The van der Waals surface area contributed by atoms with Crippen LogP contribution in [0.1, 0.15) is 18.9 Å². The van der Waals surface area contributed by atoms with Crippen LogP contribution in [0, 0.1) is 0 Å². The van der Waals surface area contributed by atoms with Gasteiger partial charge in [0.05, 0.1) is 6.10 Å². The highest BCUT2D eigenvalue weighted by Crippen LogP contribution is 2.00. The minimum absolute atomic E-state index is 0.184. The van der Waals surface area contributed by atoms with E-state index in [1.807, 2.05) is 37.3 Å². The second kappa shape index (κ2) is 6.80. The van der Waals surface area contributed by atoms with Crippen molar-refractivity contribution >= 4 is 12.0 Å². The van der Waals surface area contributed by atoms with Crippen LogP contribution >= 0.6 is 0 Å². The Labute approximate surface area is 95.8 Å². The molecule has 1 aromatic carbocycles. The van der Waals surface area contributed by atoms with E-state index in [2.05, 4.69) is 5.32 Å². The molecule has 1 aromatic rings. The lowest BCUT2D eigenvalue weighted by Gasteiger charge is -2.07. The van der Waals surface area contributed by atoms with E-state index in [4.69, 9.17) is 0 Å². The summed E-state index contributed by atoms with van der Waals surface area (Å²) >= 11 is 0. The normalized spacial score (nSPS) is 12.6. The molecule has 3 heteroatoms. The molecule has 0 saturated carbocycles. The van der Waals surface area contributed by atoms with Gasteiger partial charge in [0.15, 0.2) is 0 Å². The van der Waals surface area contributed by atoms with Crippen molar-refractivity contribution in [3.05, 3.63) is 42.0 Å². The molecule has 1 rings (SSSR count). The van der Waals surface area contributed by atoms with Gasteiger partial charge >= 0.3 is 0 Å². The van der Waals surface area contributed by atoms with Gasteiger partial charge < -0.3 is 10.4 Å². The molecular formula is C13H17NO2. The van der Waals surface area contributed by atoms with Crippen LogP contribution < -0.4 is 5.32 Å². The Morgan fingerprint density at radius 1 is 1.44 bits per heavy atom. The van der Waals surface area contributed by atoms with Crippen LogP contribution in [-0.4, -0.2) is 23.7 Å². The summed E-state index contributed by atoms with van der Waals surface area (Å²) in [5.41, 5.74) is 0.980. The molecule has 86 valence electrons. The van der Waals surface area contributed by atoms with Crippen molar-refractivity contribution in [2.45, 2.75) is 19.4 Å². The number of carbonyl (C=O) groups excluding carboxylic acids is 1. The summed E-state index contributed by atoms with van der Waals surface area (Å²) in [6, 6.07) is 9.60. The maximum absolute atomic E-state index is 11.3. The van der Waals surface area contributed by atoms with Gasteiger partial charge in [0.2, 0.25) is 5.91 Å². The number of carbonyl (C=O) groups is 1. The van der Waals surface area contributed by atoms with Gasteiger partial charge in [-0.1, -0.05) is 37.3 Å². The first kappa shape index (κ1) is 12.5. The average molecular weight is 219 g/mol. The van der Waals surface area contributed by atoms with E-state index in [1.54, 1.807) is 6.08 Å². The SMILES string of the molecule is CCC(O)CNC(=O)/C=C/c1ccccc1. The molecule has 0 heterocycles. The Hall–Kier alpha value is -1.61. The fraction of sp³-hybridized carbons (Fsp3) is 0.308. The molecule has 0 aliphatic carbocycles. The largest absolute Gasteiger partial charge is 0.391 e. The Morgan fingerprint density at radius 3 is 2.75 bits per heavy atom. The molecule has 0 saturated heterocycles. The van der Waals surface area contributed by atoms with E-state index in [0.717, 1.165) is 5.56 Å². The smallest absolute Gasteiger partial charge is 0.244 e. The molecule has 1 unspecified atom stereocenters. The standard InChI is InChI=1S/C13H17NO2/c1-2-12(15)10-14-13(16)9-8-11-6-4-3-5-7-11/h3-9,12,15H,2,10H2,1H3,(H,14,16)/b9-8+. The summed E-state index contributed by atoms with van der Waals surface area (Å²) < 4.78 is 0. The predicted molar refractivity (Wildman–Crippen MR) is 64.8 cm³/mol. The Balaban J connectivity index is 2.37. The Morgan fingerprint density at radius 2 is 2.12 bits per heavy atom. The predicted octanol–water partition coefficient (Wildman–Crippen LogP) is 1.59. The molecule has 0 aliphatic heterocycles. The topological polar surface area (TPSA) is 49.3 Å². The molecule has 1 amide bonds. The highest BCUT2D eigenvalue weighted by atomic mass is 16.3. The maximum Gasteiger partial charge on any atom is 0.244 e. The van der Waals surface area contributed by atoms with Gasteiger partial charge in [0.25, 0.3) is 0 Å². The van der Waals surface area contributed by atoms with Gasteiger partial charge in [0.1, 0.15) is 0 Å². The van der Waals surface area contributed by atoms with Crippen molar-refractivity contribution in [3.8, 4) is 0 Å². The zero-order chi connectivity index (χ0) is 11.8. The molecule has 0 bridgehead atoms. The first-order chi connectivity index (χ1) is 7.72. The highest BCUT2D eigenvalue weighted by Gasteiger charge is 2.01. The minimum atomic E-state index is -0.464. The van der Waals surface area contributed by atoms with Crippen molar-refractivity contribution in [2.24, 2.45) is 0 Å². The van der Waals surface area contributed by atoms with Crippen LogP contribution in [0.4, 0.5) is 0 Å². The Bertz CT molecular complexity index is 346. The summed E-state index contributed by atoms with van der Waals surface area (Å²) in [7, 11) is 0. The van der Waals surface area contributed by atoms with Crippen LogP contribution in [0.2, 0.25) is 0 Å². The number of nitrogens with one attached hydrogen (secondary N) is 1. The lowest BCUT2D eigenvalue weighted by molar-refractivity contribution is -0.116. The molecule has 0 radical (unpaired) electrons. The molecule has 0 aliphatic rings. The van der Waals surface area contributed by atoms with E-state index in [0.29, 0.717) is 13.0 Å². The fourth-order valence-electron chi connectivity index (χ4n) is 1.16. The fourth-order valence-corrected chi connectivity index (χ4v) is 1.16. The first-order valence-corrected chi connectivity index (χ1v) is 5.41. The molecule has 0 aromatic heterocycles. The summed E-state index contributed by atoms with van der Waals surface area (Å²) in [5.74, 6) is -0.184. The number of benzene rings is 1. The molecule has 0 fully saturated rings. The van der Waals surface area contributed by atoms with Crippen molar-refractivity contribution < 1.29 is 9.90 Å². The van der Waals surface area contributed by atoms with E-state index in [-0.39, 0.29) is 5.91 Å². The molecule has 16 heavy (non-hydrogen) atoms. The second-order valence-corrected chi connectivity index (χ2v) is 3.55. The van der Waals surface area contributed by atoms with Crippen LogP contribution in [0.5, 0.6) is 0 Å². The summed E-state index contributed by atoms with van der Waals surface area (Å²) in [5, 5.41) is 11.9. The maximum atomic E-state index is 11.3. The molecule has 3 nitrogen and oxygen atoms in total. The van der Waals surface area contributed by atoms with Crippen molar-refractivity contribution in [2.75, 3.05) is 6.54 Å². The van der Waals surface area contributed by atoms with Crippen LogP contribution in [0.15, 0.2) is 36.4 Å². The monoisotopic (exact) mass is 219 g/mol. The molecular weight excluding hydrogens is 202 g/mol. The first-order valence-electron chi connectivity index (χ1n) is 5.41. The summed E-state index contributed by atoms with van der Waals surface area (Å²) in [6.07, 6.45) is 3.39. The number of aliphatic hydroxyl groups is 1. The van der Waals surface area contributed by atoms with Crippen LogP contribution in [-0.2, 0) is 4.79 Å². The number of aliphatic hydroxyl groups excluding tert-OH is 1. The average Bonchev–Trinajstić information content (AvgIpc) is 2.34. The molecule has 2 N–H and O–H groups in total. The third kappa shape index (κ3) is 4.75. The number of amides is 1. The highest BCUT2D eigenvalue weighted by molar-refractivity contribution is 5.91. The zero-order valence-corrected chi connectivity index (χ0v) is 9.39. The number of rotatable bonds is 5. The lowest BCUT2D eigenvalue weighted by atomic mass is 10.2. The van der Waals surface area contributed by atoms with E-state index < -0.39 is 6.10 Å². The van der Waals surface area contributed by atoms with Crippen molar-refractivity contribution in [1.29, 1.82) is 0 Å². The lowest BCUT2D eigenvalue weighted by Crippen LogP contribution is -2.30. The minimum Gasteiger partial charge on any atom is -0.391 e. The summed E-state index contributed by atoms with van der Waals surface area (Å²) in [4.78, 5) is 11.3. The van der Waals surface area contributed by atoms with E-state index in [9.17, 15) is 9.90 Å². The zero-order valence-electron chi connectivity index (χ0n) is 9.39. The Kier molecular flexibility index (Phi) is 5.29. The van der Waals surface area contributed by atoms with Gasteiger partial charge in [-0.15, -0.1) is 0 Å². The van der Waals surface area contributed by atoms with Gasteiger partial charge in [-0.3, -0.25) is 4.79 Å². The molecule has 0 spiro atoms. The quantitative estimate of drug-likeness (QED) is 0.739. The number of hydrogen-bond donors (Lipinski definition) is 2. The third-order valence-corrected chi connectivity index (χ3v) is 2.21. The van der Waals surface area contributed by atoms with Crippen LogP contribution in [0.25, 0.3) is 6.08 Å². The molecule has 1 atom stereocenters. The van der Waals surface area contributed by atoms with Gasteiger partial charge in [-0.2, -0.15) is 0 Å². The number of hydrogen-bond acceptors (Lipinski definition) is 2. The summed E-state index contributed by atoms with van der Waals surface area (Å²) in [6.45, 7) is 2.17. The van der Waals surface area contributed by atoms with E-state index in [1.165, 1.54) is 6.08 Å².